The van der Waals surface area contributed by atoms with Gasteiger partial charge in [-0.05, 0) is 31.7 Å². The van der Waals surface area contributed by atoms with Crippen LogP contribution in [-0.4, -0.2) is 59.4 Å². The first-order valence-electron chi connectivity index (χ1n) is 8.07. The molecule has 7 heteroatoms. The summed E-state index contributed by atoms with van der Waals surface area (Å²) in [6.45, 7) is 5.85. The fourth-order valence-corrected chi connectivity index (χ4v) is 3.86. The number of nitrogens with one attached hydrogen (secondary N) is 1. The molecule has 6 nitrogen and oxygen atoms in total. The van der Waals surface area contributed by atoms with Crippen molar-refractivity contribution in [2.75, 3.05) is 55.7 Å². The summed E-state index contributed by atoms with van der Waals surface area (Å²) in [6.07, 6.45) is 1.50. The molecule has 1 aromatic carbocycles. The van der Waals surface area contributed by atoms with E-state index in [0.29, 0.717) is 17.9 Å². The fraction of sp³-hybridized carbons (Fsp3) is 0.625. The third kappa shape index (κ3) is 5.00. The van der Waals surface area contributed by atoms with Crippen molar-refractivity contribution in [3.8, 4) is 5.75 Å². The highest BCUT2D eigenvalue weighted by atomic mass is 32.2. The van der Waals surface area contributed by atoms with Gasteiger partial charge >= 0.3 is 0 Å². The highest BCUT2D eigenvalue weighted by molar-refractivity contribution is 7.92. The minimum Gasteiger partial charge on any atom is -0.495 e. The number of hydrogen-bond donors (Lipinski definition) is 1. The highest BCUT2D eigenvalue weighted by Crippen LogP contribution is 2.31. The first-order valence-corrected chi connectivity index (χ1v) is 9.72. The molecule has 1 saturated heterocycles. The normalized spacial score (nSPS) is 16.4. The second kappa shape index (κ2) is 7.88. The molecule has 130 valence electrons. The molecule has 0 atom stereocenters. The van der Waals surface area contributed by atoms with Crippen molar-refractivity contribution in [3.63, 3.8) is 0 Å². The summed E-state index contributed by atoms with van der Waals surface area (Å²) in [7, 11) is 0.318. The van der Waals surface area contributed by atoms with Crippen molar-refractivity contribution in [1.29, 1.82) is 0 Å². The van der Waals surface area contributed by atoms with Gasteiger partial charge in [0, 0.05) is 31.9 Å². The van der Waals surface area contributed by atoms with E-state index in [1.54, 1.807) is 7.11 Å². The van der Waals surface area contributed by atoms with Gasteiger partial charge in [0.05, 0.1) is 18.6 Å². The maximum Gasteiger partial charge on any atom is 0.232 e. The Labute approximate surface area is 139 Å². The molecule has 23 heavy (non-hydrogen) atoms. The number of anilines is 2. The number of nitrogens with zero attached hydrogens (tertiary/aromatic N) is 2. The number of benzene rings is 1. The molecule has 0 amide bonds. The Balaban J connectivity index is 2.18. The van der Waals surface area contributed by atoms with Crippen molar-refractivity contribution in [2.24, 2.45) is 0 Å². The maximum absolute atomic E-state index is 12.2. The van der Waals surface area contributed by atoms with Crippen LogP contribution in [0.2, 0.25) is 0 Å². The van der Waals surface area contributed by atoms with Gasteiger partial charge in [0.2, 0.25) is 10.0 Å². The number of methoxy groups -OCH3 is 1. The van der Waals surface area contributed by atoms with Crippen molar-refractivity contribution in [1.82, 2.24) is 4.90 Å². The fourth-order valence-electron chi connectivity index (χ4n) is 2.59. The molecular weight excluding hydrogens is 314 g/mol. The number of ether oxygens (including phenoxy) is 1. The van der Waals surface area contributed by atoms with E-state index in [2.05, 4.69) is 21.6 Å². The molecule has 0 bridgehead atoms. The van der Waals surface area contributed by atoms with Crippen LogP contribution in [0, 0.1) is 0 Å². The zero-order valence-electron chi connectivity index (χ0n) is 14.2. The number of likely N-dealkylation sites (N-methyl/N-ethyl adjacent to an activating group) is 1. The minimum absolute atomic E-state index is 0.130. The summed E-state index contributed by atoms with van der Waals surface area (Å²) >= 11 is 0. The largest absolute Gasteiger partial charge is 0.495 e. The Morgan fingerprint density at radius 2 is 1.91 bits per heavy atom. The number of unbranched alkanes of at least 4 members (excludes halogenated alkanes) is 1. The van der Waals surface area contributed by atoms with E-state index in [1.165, 1.54) is 0 Å². The van der Waals surface area contributed by atoms with Gasteiger partial charge in [-0.25, -0.2) is 8.42 Å². The summed E-state index contributed by atoms with van der Waals surface area (Å²) in [4.78, 5) is 4.55. The molecule has 2 rings (SSSR count). The molecule has 0 aliphatic carbocycles. The average Bonchev–Trinajstić information content (AvgIpc) is 2.53. The lowest BCUT2D eigenvalue weighted by Crippen LogP contribution is -2.44. The van der Waals surface area contributed by atoms with Gasteiger partial charge in [0.25, 0.3) is 0 Å². The van der Waals surface area contributed by atoms with Gasteiger partial charge in [-0.3, -0.25) is 4.72 Å². The van der Waals surface area contributed by atoms with E-state index >= 15 is 0 Å². The van der Waals surface area contributed by atoms with Crippen LogP contribution in [-0.2, 0) is 10.0 Å². The molecule has 1 fully saturated rings. The predicted molar refractivity (Wildman–Crippen MR) is 95.0 cm³/mol. The van der Waals surface area contributed by atoms with Gasteiger partial charge in [-0.1, -0.05) is 13.3 Å². The lowest BCUT2D eigenvalue weighted by Gasteiger charge is -2.34. The number of sulfonamides is 1. The molecule has 0 unspecified atom stereocenters. The van der Waals surface area contributed by atoms with Crippen LogP contribution in [0.5, 0.6) is 5.75 Å². The van der Waals surface area contributed by atoms with Crippen molar-refractivity contribution >= 4 is 21.4 Å². The Morgan fingerprint density at radius 3 is 2.52 bits per heavy atom. The molecule has 0 radical (unpaired) electrons. The lowest BCUT2D eigenvalue weighted by molar-refractivity contribution is 0.313. The summed E-state index contributed by atoms with van der Waals surface area (Å²) in [5, 5.41) is 0. The SMILES string of the molecule is CCCCS(=O)(=O)Nc1cc(N2CCN(C)CC2)ccc1OC. The molecular formula is C16H27N3O3S. The van der Waals surface area contributed by atoms with Crippen molar-refractivity contribution in [3.05, 3.63) is 18.2 Å². The van der Waals surface area contributed by atoms with E-state index in [1.807, 2.05) is 25.1 Å². The van der Waals surface area contributed by atoms with Crippen LogP contribution in [0.1, 0.15) is 19.8 Å². The molecule has 0 spiro atoms. The quantitative estimate of drug-likeness (QED) is 0.822. The van der Waals surface area contributed by atoms with E-state index in [-0.39, 0.29) is 5.75 Å². The van der Waals surface area contributed by atoms with E-state index in [0.717, 1.165) is 38.3 Å². The predicted octanol–water partition coefficient (Wildman–Crippen LogP) is 1.99. The van der Waals surface area contributed by atoms with Crippen LogP contribution in [0.15, 0.2) is 18.2 Å². The van der Waals surface area contributed by atoms with Crippen LogP contribution < -0.4 is 14.4 Å². The zero-order valence-corrected chi connectivity index (χ0v) is 15.0. The summed E-state index contributed by atoms with van der Waals surface area (Å²) in [5.74, 6) is 0.675. The van der Waals surface area contributed by atoms with E-state index < -0.39 is 10.0 Å². The third-order valence-corrected chi connectivity index (χ3v) is 5.44. The van der Waals surface area contributed by atoms with E-state index in [4.69, 9.17) is 4.74 Å². The lowest BCUT2D eigenvalue weighted by atomic mass is 10.2. The number of piperazine rings is 1. The van der Waals surface area contributed by atoms with Gasteiger partial charge in [0.1, 0.15) is 5.75 Å². The van der Waals surface area contributed by atoms with Crippen LogP contribution in [0.25, 0.3) is 0 Å². The molecule has 1 aliphatic heterocycles. The Morgan fingerprint density at radius 1 is 1.22 bits per heavy atom. The van der Waals surface area contributed by atoms with Crippen LogP contribution in [0.3, 0.4) is 0 Å². The molecule has 1 aliphatic rings. The monoisotopic (exact) mass is 341 g/mol. The first kappa shape index (κ1) is 17.9. The smallest absolute Gasteiger partial charge is 0.232 e. The van der Waals surface area contributed by atoms with Crippen molar-refractivity contribution < 1.29 is 13.2 Å². The Hall–Kier alpha value is -1.47. The molecule has 1 aromatic rings. The standard InChI is InChI=1S/C16H27N3O3S/c1-4-5-12-23(20,21)17-15-13-14(6-7-16(15)22-3)19-10-8-18(2)9-11-19/h6-7,13,17H,4-5,8-12H2,1-3H3. The molecule has 1 heterocycles. The van der Waals surface area contributed by atoms with Crippen molar-refractivity contribution in [2.45, 2.75) is 19.8 Å². The topological polar surface area (TPSA) is 61.9 Å². The minimum atomic E-state index is -3.34. The summed E-state index contributed by atoms with van der Waals surface area (Å²) in [6, 6.07) is 5.67. The highest BCUT2D eigenvalue weighted by Gasteiger charge is 2.18. The molecule has 1 N–H and O–H groups in total. The Kier molecular flexibility index (Phi) is 6.12. The third-order valence-electron chi connectivity index (χ3n) is 4.08. The Bertz CT molecular complexity index is 611. The van der Waals surface area contributed by atoms with Gasteiger partial charge < -0.3 is 14.5 Å². The second-order valence-electron chi connectivity index (χ2n) is 5.95. The van der Waals surface area contributed by atoms with E-state index in [9.17, 15) is 8.42 Å². The molecule has 0 aromatic heterocycles. The van der Waals surface area contributed by atoms with Gasteiger partial charge in [-0.15, -0.1) is 0 Å². The van der Waals surface area contributed by atoms with Gasteiger partial charge in [0.15, 0.2) is 0 Å². The zero-order chi connectivity index (χ0) is 16.9. The molecule has 0 saturated carbocycles. The average molecular weight is 341 g/mol. The first-order chi connectivity index (χ1) is 10.9. The second-order valence-corrected chi connectivity index (χ2v) is 7.79. The summed E-state index contributed by atoms with van der Waals surface area (Å²) < 4.78 is 32.3. The summed E-state index contributed by atoms with van der Waals surface area (Å²) in [5.41, 5.74) is 1.53. The number of rotatable bonds is 7. The maximum atomic E-state index is 12.2. The van der Waals surface area contributed by atoms with Crippen LogP contribution >= 0.6 is 0 Å². The van der Waals surface area contributed by atoms with Gasteiger partial charge in [-0.2, -0.15) is 0 Å². The van der Waals surface area contributed by atoms with Crippen LogP contribution in [0.4, 0.5) is 11.4 Å². The number of hydrogen-bond acceptors (Lipinski definition) is 5.